The SMILES string of the molecule is COc1cccc(C(N=Nc2ccccc2)=NNc2ccccc2)c1O. The first kappa shape index (κ1) is 17.2. The van der Waals surface area contributed by atoms with Crippen molar-refractivity contribution in [1.29, 1.82) is 0 Å². The van der Waals surface area contributed by atoms with Crippen LogP contribution in [0.25, 0.3) is 0 Å². The fourth-order valence-corrected chi connectivity index (χ4v) is 2.23. The number of aromatic hydroxyl groups is 1. The lowest BCUT2D eigenvalue weighted by Crippen LogP contribution is -2.02. The predicted molar refractivity (Wildman–Crippen MR) is 102 cm³/mol. The van der Waals surface area contributed by atoms with Crippen LogP contribution in [0, 0.1) is 0 Å². The fourth-order valence-electron chi connectivity index (χ4n) is 2.23. The van der Waals surface area contributed by atoms with Gasteiger partial charge in [-0.3, -0.25) is 5.43 Å². The average molecular weight is 346 g/mol. The van der Waals surface area contributed by atoms with Crippen molar-refractivity contribution in [3.63, 3.8) is 0 Å². The molecule has 3 aromatic rings. The smallest absolute Gasteiger partial charge is 0.205 e. The highest BCUT2D eigenvalue weighted by Gasteiger charge is 2.13. The maximum atomic E-state index is 10.4. The molecular weight excluding hydrogens is 328 g/mol. The van der Waals surface area contributed by atoms with Gasteiger partial charge in [0.05, 0.1) is 24.0 Å². The number of nitrogens with one attached hydrogen (secondary N) is 1. The molecule has 0 atom stereocenters. The molecule has 130 valence electrons. The van der Waals surface area contributed by atoms with Gasteiger partial charge in [-0.1, -0.05) is 42.5 Å². The third-order valence-electron chi connectivity index (χ3n) is 3.54. The lowest BCUT2D eigenvalue weighted by molar-refractivity contribution is 0.373. The van der Waals surface area contributed by atoms with Gasteiger partial charge in [-0.2, -0.15) is 5.10 Å². The lowest BCUT2D eigenvalue weighted by Gasteiger charge is -2.08. The van der Waals surface area contributed by atoms with Crippen LogP contribution < -0.4 is 10.2 Å². The van der Waals surface area contributed by atoms with E-state index in [2.05, 4.69) is 20.8 Å². The van der Waals surface area contributed by atoms with Crippen molar-refractivity contribution in [2.24, 2.45) is 15.3 Å². The number of hydrogen-bond acceptors (Lipinski definition) is 5. The van der Waals surface area contributed by atoms with E-state index in [0.717, 1.165) is 5.69 Å². The fraction of sp³-hybridized carbons (Fsp3) is 0.0500. The largest absolute Gasteiger partial charge is 0.504 e. The van der Waals surface area contributed by atoms with E-state index in [-0.39, 0.29) is 11.6 Å². The van der Waals surface area contributed by atoms with E-state index in [9.17, 15) is 5.11 Å². The van der Waals surface area contributed by atoms with E-state index in [4.69, 9.17) is 4.74 Å². The Bertz CT molecular complexity index is 910. The van der Waals surface area contributed by atoms with Gasteiger partial charge in [0.1, 0.15) is 0 Å². The molecule has 0 spiro atoms. The molecule has 3 aromatic carbocycles. The molecule has 0 unspecified atom stereocenters. The molecule has 0 heterocycles. The van der Waals surface area contributed by atoms with Crippen LogP contribution in [0.1, 0.15) is 5.56 Å². The molecule has 0 bridgehead atoms. The highest BCUT2D eigenvalue weighted by atomic mass is 16.5. The van der Waals surface area contributed by atoms with Crippen molar-refractivity contribution in [1.82, 2.24) is 0 Å². The monoisotopic (exact) mass is 346 g/mol. The number of rotatable bonds is 5. The van der Waals surface area contributed by atoms with Crippen LogP contribution in [-0.2, 0) is 0 Å². The Labute approximate surface area is 151 Å². The maximum absolute atomic E-state index is 10.4. The number of ether oxygens (including phenoxy) is 1. The second-order valence-corrected chi connectivity index (χ2v) is 5.31. The molecule has 6 heteroatoms. The molecule has 0 aliphatic carbocycles. The summed E-state index contributed by atoms with van der Waals surface area (Å²) in [5.74, 6) is 0.523. The number of anilines is 1. The molecule has 0 aliphatic heterocycles. The Morgan fingerprint density at radius 3 is 2.27 bits per heavy atom. The second kappa shape index (κ2) is 8.43. The molecule has 26 heavy (non-hydrogen) atoms. The summed E-state index contributed by atoms with van der Waals surface area (Å²) in [7, 11) is 1.49. The van der Waals surface area contributed by atoms with Crippen molar-refractivity contribution in [3.8, 4) is 11.5 Å². The minimum atomic E-state index is -0.0457. The minimum absolute atomic E-state index is 0.0457. The Kier molecular flexibility index (Phi) is 5.57. The number of azo groups is 1. The summed E-state index contributed by atoms with van der Waals surface area (Å²) in [6.07, 6.45) is 0. The van der Waals surface area contributed by atoms with Gasteiger partial charge in [0.2, 0.25) is 5.84 Å². The van der Waals surface area contributed by atoms with Crippen LogP contribution in [0.2, 0.25) is 0 Å². The van der Waals surface area contributed by atoms with Crippen LogP contribution in [0.4, 0.5) is 11.4 Å². The van der Waals surface area contributed by atoms with Crippen LogP contribution in [0.3, 0.4) is 0 Å². The number of phenolic OH excluding ortho intramolecular Hbond substituents is 1. The summed E-state index contributed by atoms with van der Waals surface area (Å²) in [6, 6.07) is 23.9. The van der Waals surface area contributed by atoms with Crippen molar-refractivity contribution in [2.45, 2.75) is 0 Å². The van der Waals surface area contributed by atoms with E-state index < -0.39 is 0 Å². The van der Waals surface area contributed by atoms with Crippen LogP contribution in [0.5, 0.6) is 11.5 Å². The van der Waals surface area contributed by atoms with Gasteiger partial charge in [-0.15, -0.1) is 10.2 Å². The van der Waals surface area contributed by atoms with E-state index in [1.54, 1.807) is 18.2 Å². The number of nitrogens with zero attached hydrogens (tertiary/aromatic N) is 3. The molecule has 3 rings (SSSR count). The van der Waals surface area contributed by atoms with Crippen LogP contribution >= 0.6 is 0 Å². The molecule has 0 aromatic heterocycles. The third-order valence-corrected chi connectivity index (χ3v) is 3.54. The third kappa shape index (κ3) is 4.24. The van der Waals surface area contributed by atoms with Gasteiger partial charge in [-0.05, 0) is 36.4 Å². The molecule has 0 saturated heterocycles. The summed E-state index contributed by atoms with van der Waals surface area (Å²) in [6.45, 7) is 0. The number of benzene rings is 3. The van der Waals surface area contributed by atoms with E-state index in [0.29, 0.717) is 17.0 Å². The Morgan fingerprint density at radius 2 is 1.58 bits per heavy atom. The molecule has 0 amide bonds. The average Bonchev–Trinajstić information content (AvgIpc) is 2.70. The number of hydrogen-bond donors (Lipinski definition) is 2. The Hall–Kier alpha value is -3.67. The van der Waals surface area contributed by atoms with Crippen LogP contribution in [0.15, 0.2) is 94.2 Å². The molecule has 0 radical (unpaired) electrons. The minimum Gasteiger partial charge on any atom is -0.504 e. The molecule has 0 fully saturated rings. The van der Waals surface area contributed by atoms with Crippen molar-refractivity contribution in [3.05, 3.63) is 84.4 Å². The van der Waals surface area contributed by atoms with E-state index in [1.165, 1.54) is 7.11 Å². The van der Waals surface area contributed by atoms with Crippen molar-refractivity contribution in [2.75, 3.05) is 12.5 Å². The summed E-state index contributed by atoms with van der Waals surface area (Å²) >= 11 is 0. The van der Waals surface area contributed by atoms with Gasteiger partial charge in [0, 0.05) is 0 Å². The van der Waals surface area contributed by atoms with Gasteiger partial charge in [0.15, 0.2) is 11.5 Å². The van der Waals surface area contributed by atoms with Crippen molar-refractivity contribution < 1.29 is 9.84 Å². The van der Waals surface area contributed by atoms with Crippen molar-refractivity contribution >= 4 is 17.2 Å². The van der Waals surface area contributed by atoms with Crippen LogP contribution in [-0.4, -0.2) is 18.1 Å². The zero-order valence-corrected chi connectivity index (χ0v) is 14.2. The highest BCUT2D eigenvalue weighted by Crippen LogP contribution is 2.30. The first-order chi connectivity index (χ1) is 12.8. The topological polar surface area (TPSA) is 78.6 Å². The molecule has 6 nitrogen and oxygen atoms in total. The normalized spacial score (nSPS) is 11.5. The number of methoxy groups -OCH3 is 1. The molecule has 0 saturated carbocycles. The predicted octanol–water partition coefficient (Wildman–Crippen LogP) is 4.96. The number of hydrazone groups is 1. The first-order valence-electron chi connectivity index (χ1n) is 8.00. The zero-order valence-electron chi connectivity index (χ0n) is 14.2. The summed E-state index contributed by atoms with van der Waals surface area (Å²) in [4.78, 5) is 0. The van der Waals surface area contributed by atoms with Gasteiger partial charge in [0.25, 0.3) is 0 Å². The first-order valence-corrected chi connectivity index (χ1v) is 8.00. The van der Waals surface area contributed by atoms with E-state index in [1.807, 2.05) is 60.7 Å². The number of amidine groups is 1. The highest BCUT2D eigenvalue weighted by molar-refractivity contribution is 6.02. The quantitative estimate of drug-likeness (QED) is 0.297. The molecule has 2 N–H and O–H groups in total. The summed E-state index contributed by atoms with van der Waals surface area (Å²) in [5, 5.41) is 23.1. The Balaban J connectivity index is 1.97. The summed E-state index contributed by atoms with van der Waals surface area (Å²) < 4.78 is 5.16. The number of para-hydroxylation sites is 2. The molecular formula is C20H18N4O2. The summed E-state index contributed by atoms with van der Waals surface area (Å²) in [5.41, 5.74) is 4.81. The van der Waals surface area contributed by atoms with Gasteiger partial charge in [-0.25, -0.2) is 0 Å². The van der Waals surface area contributed by atoms with E-state index >= 15 is 0 Å². The zero-order chi connectivity index (χ0) is 18.2. The maximum Gasteiger partial charge on any atom is 0.205 e. The second-order valence-electron chi connectivity index (χ2n) is 5.31. The lowest BCUT2D eigenvalue weighted by atomic mass is 10.1. The van der Waals surface area contributed by atoms with Gasteiger partial charge >= 0.3 is 0 Å². The standard InChI is InChI=1S/C20H18N4O2/c1-26-18-14-8-13-17(19(18)25)20(23-21-15-9-4-2-5-10-15)24-22-16-11-6-3-7-12-16/h2-14,21,25H,1H3. The Morgan fingerprint density at radius 1 is 0.885 bits per heavy atom. The molecule has 0 aliphatic rings. The van der Waals surface area contributed by atoms with Gasteiger partial charge < -0.3 is 9.84 Å². The number of phenols is 1.